The number of rotatable bonds is 6. The number of esters is 1. The van der Waals surface area contributed by atoms with Gasteiger partial charge in [-0.2, -0.15) is 0 Å². The lowest BCUT2D eigenvalue weighted by atomic mass is 10.1. The zero-order chi connectivity index (χ0) is 16.2. The summed E-state index contributed by atoms with van der Waals surface area (Å²) in [6.45, 7) is 2.16. The molecule has 23 heavy (non-hydrogen) atoms. The fraction of sp³-hybridized carbons (Fsp3) is 0.647. The lowest BCUT2D eigenvalue weighted by Gasteiger charge is -2.10. The summed E-state index contributed by atoms with van der Waals surface area (Å²) < 4.78 is 5.19. The van der Waals surface area contributed by atoms with Crippen molar-refractivity contribution in [2.24, 2.45) is 0 Å². The first-order valence-electron chi connectivity index (χ1n) is 8.42. The molecule has 126 valence electrons. The molecule has 0 saturated heterocycles. The van der Waals surface area contributed by atoms with E-state index in [0.717, 1.165) is 24.8 Å². The fourth-order valence-electron chi connectivity index (χ4n) is 3.32. The first kappa shape index (κ1) is 16.8. The van der Waals surface area contributed by atoms with E-state index in [0.29, 0.717) is 28.2 Å². The van der Waals surface area contributed by atoms with Crippen molar-refractivity contribution in [2.75, 3.05) is 17.7 Å². The molecule has 6 heteroatoms. The Morgan fingerprint density at radius 2 is 2.04 bits per heavy atom. The maximum atomic E-state index is 12.3. The molecule has 0 aliphatic heterocycles. The summed E-state index contributed by atoms with van der Waals surface area (Å²) in [6.07, 6.45) is 8.00. The number of hydrogen-bond donors (Lipinski definition) is 1. The summed E-state index contributed by atoms with van der Waals surface area (Å²) >= 11 is 3.29. The lowest BCUT2D eigenvalue weighted by Crippen LogP contribution is -2.18. The van der Waals surface area contributed by atoms with Gasteiger partial charge < -0.3 is 10.1 Å². The highest BCUT2D eigenvalue weighted by atomic mass is 32.2. The van der Waals surface area contributed by atoms with E-state index >= 15 is 0 Å². The molecule has 0 spiro atoms. The average Bonchev–Trinajstić information content (AvgIpc) is 3.22. The van der Waals surface area contributed by atoms with Crippen molar-refractivity contribution in [3.8, 4) is 0 Å². The normalized spacial score (nSPS) is 17.3. The van der Waals surface area contributed by atoms with Crippen molar-refractivity contribution in [1.82, 2.24) is 0 Å². The smallest absolute Gasteiger partial charge is 0.341 e. The summed E-state index contributed by atoms with van der Waals surface area (Å²) in [5.74, 6) is 0.160. The zero-order valence-corrected chi connectivity index (χ0v) is 15.1. The third kappa shape index (κ3) is 3.91. The van der Waals surface area contributed by atoms with E-state index < -0.39 is 0 Å². The van der Waals surface area contributed by atoms with Gasteiger partial charge in [-0.15, -0.1) is 23.1 Å². The molecule has 3 rings (SSSR count). The third-order valence-electron chi connectivity index (χ3n) is 4.41. The van der Waals surface area contributed by atoms with Gasteiger partial charge in [-0.1, -0.05) is 12.8 Å². The molecule has 2 aliphatic rings. The van der Waals surface area contributed by atoms with Crippen molar-refractivity contribution in [3.05, 3.63) is 16.0 Å². The predicted molar refractivity (Wildman–Crippen MR) is 95.6 cm³/mol. The quantitative estimate of drug-likeness (QED) is 0.785. The van der Waals surface area contributed by atoms with Gasteiger partial charge >= 0.3 is 5.97 Å². The highest BCUT2D eigenvalue weighted by molar-refractivity contribution is 8.00. The zero-order valence-electron chi connectivity index (χ0n) is 13.5. The van der Waals surface area contributed by atoms with Crippen LogP contribution in [0.15, 0.2) is 0 Å². The molecule has 0 atom stereocenters. The van der Waals surface area contributed by atoms with Gasteiger partial charge in [0, 0.05) is 10.1 Å². The highest BCUT2D eigenvalue weighted by Crippen LogP contribution is 2.39. The van der Waals surface area contributed by atoms with Crippen LogP contribution in [0.2, 0.25) is 0 Å². The summed E-state index contributed by atoms with van der Waals surface area (Å²) in [4.78, 5) is 25.7. The van der Waals surface area contributed by atoms with Gasteiger partial charge in [-0.3, -0.25) is 4.79 Å². The van der Waals surface area contributed by atoms with Crippen LogP contribution in [-0.2, 0) is 22.4 Å². The van der Waals surface area contributed by atoms with Gasteiger partial charge in [0.15, 0.2) is 0 Å². The average molecular weight is 354 g/mol. The SMILES string of the molecule is CCOC(=O)c1c(NC(=O)CSC2CCCC2)sc2c1CCC2. The number of thiophene rings is 1. The summed E-state index contributed by atoms with van der Waals surface area (Å²) in [5, 5.41) is 4.27. The first-order valence-corrected chi connectivity index (χ1v) is 10.3. The van der Waals surface area contributed by atoms with E-state index in [4.69, 9.17) is 4.74 Å². The van der Waals surface area contributed by atoms with Gasteiger partial charge in [-0.05, 0) is 44.6 Å². The van der Waals surface area contributed by atoms with E-state index in [2.05, 4.69) is 5.32 Å². The second-order valence-corrected chi connectivity index (χ2v) is 8.44. The maximum absolute atomic E-state index is 12.3. The lowest BCUT2D eigenvalue weighted by molar-refractivity contribution is -0.113. The molecule has 1 amide bonds. The molecule has 1 heterocycles. The Kier molecular flexibility index (Phi) is 5.64. The molecule has 2 aliphatic carbocycles. The van der Waals surface area contributed by atoms with E-state index in [1.807, 2.05) is 0 Å². The predicted octanol–water partition coefficient (Wildman–Crippen LogP) is 4.03. The molecule has 1 aromatic rings. The first-order chi connectivity index (χ1) is 11.2. The number of nitrogens with one attached hydrogen (secondary N) is 1. The Morgan fingerprint density at radius 3 is 2.78 bits per heavy atom. The molecule has 4 nitrogen and oxygen atoms in total. The number of ether oxygens (including phenoxy) is 1. The van der Waals surface area contributed by atoms with Crippen LogP contribution < -0.4 is 5.32 Å². The van der Waals surface area contributed by atoms with Crippen molar-refractivity contribution in [2.45, 2.75) is 57.1 Å². The van der Waals surface area contributed by atoms with E-state index in [-0.39, 0.29) is 11.9 Å². The molecule has 0 radical (unpaired) electrons. The third-order valence-corrected chi connectivity index (χ3v) is 6.99. The second-order valence-electron chi connectivity index (χ2n) is 6.05. The Labute approximate surface area is 145 Å². The topological polar surface area (TPSA) is 55.4 Å². The molecule has 1 aromatic heterocycles. The number of amides is 1. The number of carbonyl (C=O) groups excluding carboxylic acids is 2. The molecular formula is C17H23NO3S2. The summed E-state index contributed by atoms with van der Waals surface area (Å²) in [6, 6.07) is 0. The van der Waals surface area contributed by atoms with Crippen LogP contribution in [0.5, 0.6) is 0 Å². The number of hydrogen-bond acceptors (Lipinski definition) is 5. The molecule has 1 saturated carbocycles. The van der Waals surface area contributed by atoms with Crippen molar-refractivity contribution < 1.29 is 14.3 Å². The second kappa shape index (κ2) is 7.71. The largest absolute Gasteiger partial charge is 0.462 e. The van der Waals surface area contributed by atoms with Crippen LogP contribution in [0.1, 0.15) is 59.8 Å². The van der Waals surface area contributed by atoms with Crippen molar-refractivity contribution >= 4 is 40.0 Å². The van der Waals surface area contributed by atoms with Crippen LogP contribution >= 0.6 is 23.1 Å². The minimum Gasteiger partial charge on any atom is -0.462 e. The number of fused-ring (bicyclic) bond motifs is 1. The Balaban J connectivity index is 1.66. The Bertz CT molecular complexity index is 591. The highest BCUT2D eigenvalue weighted by Gasteiger charge is 2.28. The van der Waals surface area contributed by atoms with Gasteiger partial charge in [0.05, 0.1) is 17.9 Å². The molecule has 0 unspecified atom stereocenters. The van der Waals surface area contributed by atoms with Gasteiger partial charge in [-0.25, -0.2) is 4.79 Å². The van der Waals surface area contributed by atoms with Gasteiger partial charge in [0.25, 0.3) is 0 Å². The van der Waals surface area contributed by atoms with Crippen LogP contribution in [0.4, 0.5) is 5.00 Å². The van der Waals surface area contributed by atoms with Gasteiger partial charge in [0.1, 0.15) is 5.00 Å². The number of carbonyl (C=O) groups is 2. The molecule has 1 fully saturated rings. The molecule has 0 bridgehead atoms. The minimum absolute atomic E-state index is 0.00706. The Morgan fingerprint density at radius 1 is 1.26 bits per heavy atom. The van der Waals surface area contributed by atoms with Crippen LogP contribution in [0.3, 0.4) is 0 Å². The van der Waals surface area contributed by atoms with Crippen LogP contribution in [-0.4, -0.2) is 29.5 Å². The van der Waals surface area contributed by atoms with Crippen LogP contribution in [0.25, 0.3) is 0 Å². The van der Waals surface area contributed by atoms with Crippen LogP contribution in [0, 0.1) is 0 Å². The van der Waals surface area contributed by atoms with E-state index in [1.54, 1.807) is 30.0 Å². The number of anilines is 1. The van der Waals surface area contributed by atoms with E-state index in [9.17, 15) is 9.59 Å². The molecule has 1 N–H and O–H groups in total. The van der Waals surface area contributed by atoms with Gasteiger partial charge in [0.2, 0.25) is 5.91 Å². The van der Waals surface area contributed by atoms with Crippen molar-refractivity contribution in [1.29, 1.82) is 0 Å². The number of thioether (sulfide) groups is 1. The summed E-state index contributed by atoms with van der Waals surface area (Å²) in [7, 11) is 0. The maximum Gasteiger partial charge on any atom is 0.341 e. The summed E-state index contributed by atoms with van der Waals surface area (Å²) in [5.41, 5.74) is 1.69. The monoisotopic (exact) mass is 353 g/mol. The fourth-order valence-corrected chi connectivity index (χ4v) is 5.74. The minimum atomic E-state index is -0.300. The number of aryl methyl sites for hydroxylation is 1. The molecule has 0 aromatic carbocycles. The standard InChI is InChI=1S/C17H23NO3S2/c1-2-21-17(20)15-12-8-5-9-13(12)23-16(15)18-14(19)10-22-11-6-3-4-7-11/h11H,2-10H2,1H3,(H,18,19). The van der Waals surface area contributed by atoms with E-state index in [1.165, 1.54) is 30.6 Å². The Hall–Kier alpha value is -1.01. The molecular weight excluding hydrogens is 330 g/mol. The van der Waals surface area contributed by atoms with Crippen molar-refractivity contribution in [3.63, 3.8) is 0 Å².